The number of likely N-dealkylation sites (N-methyl/N-ethyl adjacent to an activating group) is 1. The number of fused-ring (bicyclic) bond motifs is 1. The van der Waals surface area contributed by atoms with Crippen molar-refractivity contribution in [3.63, 3.8) is 0 Å². The lowest BCUT2D eigenvalue weighted by atomic mass is 10.1. The van der Waals surface area contributed by atoms with E-state index >= 15 is 0 Å². The summed E-state index contributed by atoms with van der Waals surface area (Å²) in [5.41, 5.74) is 7.56. The second-order valence-corrected chi connectivity index (χ2v) is 11.9. The fraction of sp³-hybridized carbons (Fsp3) is 0.250. The summed E-state index contributed by atoms with van der Waals surface area (Å²) in [6.07, 6.45) is 0. The number of nitrogens with one attached hydrogen (secondary N) is 3. The topological polar surface area (TPSA) is 154 Å². The van der Waals surface area contributed by atoms with Crippen molar-refractivity contribution < 1.29 is 22.4 Å². The van der Waals surface area contributed by atoms with Crippen molar-refractivity contribution in [2.24, 2.45) is 5.73 Å². The molecule has 11 nitrogen and oxygen atoms in total. The van der Waals surface area contributed by atoms with E-state index in [0.717, 1.165) is 44.0 Å². The van der Waals surface area contributed by atoms with Crippen LogP contribution in [0.2, 0.25) is 0 Å². The molecule has 3 aromatic carbocycles. The number of carbonyl (C=O) groups excluding carboxylic acids is 2. The van der Waals surface area contributed by atoms with Crippen LogP contribution in [0.25, 0.3) is 10.9 Å². The lowest BCUT2D eigenvalue weighted by molar-refractivity contribution is -0.117. The summed E-state index contributed by atoms with van der Waals surface area (Å²) < 4.78 is 40.0. The van der Waals surface area contributed by atoms with Crippen LogP contribution in [0.15, 0.2) is 70.5 Å². The maximum Gasteiger partial charge on any atom is 0.258 e. The van der Waals surface area contributed by atoms with Crippen LogP contribution in [0, 0.1) is 5.82 Å². The van der Waals surface area contributed by atoms with Gasteiger partial charge >= 0.3 is 0 Å². The Kier molecular flexibility index (Phi) is 7.76. The molecule has 1 atom stereocenters. The van der Waals surface area contributed by atoms with Crippen LogP contribution < -0.4 is 21.3 Å². The number of hydrogen-bond acceptors (Lipinski definition) is 8. The number of amides is 2. The minimum absolute atomic E-state index is 0.0890. The maximum absolute atomic E-state index is 13.7. The second-order valence-electron chi connectivity index (χ2n) is 9.99. The standard InChI is InChI=1S/C28H30FN7O4S/c1-17(30)27(37)31-25-15-19(36-12-10-35(2)11-13-36)6-8-22(25)28(38)32-26-23-16-21(7-9-24(23)33-34-26)41(39,40)20-5-3-4-18(29)14-20/h3-9,14-17H,10-13,30H2,1-2H3,(H,31,37)(H2,32,33,34,38)/t17-/m0/s1. The Morgan fingerprint density at radius 3 is 2.44 bits per heavy atom. The molecule has 4 aromatic rings. The highest BCUT2D eigenvalue weighted by Gasteiger charge is 2.23. The maximum atomic E-state index is 13.7. The zero-order valence-corrected chi connectivity index (χ0v) is 23.3. The summed E-state index contributed by atoms with van der Waals surface area (Å²) in [7, 11) is -1.98. The lowest BCUT2D eigenvalue weighted by Crippen LogP contribution is -2.44. The average molecular weight is 580 g/mol. The van der Waals surface area contributed by atoms with E-state index in [1.165, 1.54) is 30.3 Å². The number of piperazine rings is 1. The van der Waals surface area contributed by atoms with Gasteiger partial charge in [-0.05, 0) is 68.6 Å². The number of nitrogens with zero attached hydrogens (tertiary/aromatic N) is 3. The van der Waals surface area contributed by atoms with Crippen LogP contribution in [0.5, 0.6) is 0 Å². The Labute approximate surface area is 236 Å². The van der Waals surface area contributed by atoms with Crippen LogP contribution >= 0.6 is 0 Å². The van der Waals surface area contributed by atoms with E-state index in [1.54, 1.807) is 19.1 Å². The molecule has 41 heavy (non-hydrogen) atoms. The van der Waals surface area contributed by atoms with Crippen LogP contribution in [0.3, 0.4) is 0 Å². The van der Waals surface area contributed by atoms with E-state index in [4.69, 9.17) is 5.73 Å². The number of benzene rings is 3. The molecule has 1 aromatic heterocycles. The molecule has 2 amide bonds. The monoisotopic (exact) mass is 579 g/mol. The minimum atomic E-state index is -4.04. The summed E-state index contributed by atoms with van der Waals surface area (Å²) in [4.78, 5) is 30.1. The van der Waals surface area contributed by atoms with Gasteiger partial charge in [0.05, 0.1) is 32.6 Å². The molecule has 5 N–H and O–H groups in total. The highest BCUT2D eigenvalue weighted by Crippen LogP contribution is 2.30. The number of aromatic amines is 1. The molecule has 0 aliphatic carbocycles. The SMILES string of the molecule is C[C@H](N)C(=O)Nc1cc(N2CCN(C)CC2)ccc1C(=O)Nc1n[nH]c2ccc(S(=O)(=O)c3cccc(F)c3)cc12. The zero-order valence-electron chi connectivity index (χ0n) is 22.5. The number of anilines is 3. The van der Waals surface area contributed by atoms with Crippen molar-refractivity contribution in [2.75, 3.05) is 48.8 Å². The first-order valence-electron chi connectivity index (χ1n) is 13.0. The first kappa shape index (κ1) is 28.2. The smallest absolute Gasteiger partial charge is 0.258 e. The number of aromatic nitrogens is 2. The minimum Gasteiger partial charge on any atom is -0.369 e. The summed E-state index contributed by atoms with van der Waals surface area (Å²) in [6, 6.07) is 13.4. The van der Waals surface area contributed by atoms with Gasteiger partial charge in [-0.25, -0.2) is 12.8 Å². The number of sulfone groups is 1. The molecule has 214 valence electrons. The van der Waals surface area contributed by atoms with Crippen molar-refractivity contribution >= 4 is 49.7 Å². The van der Waals surface area contributed by atoms with E-state index in [-0.39, 0.29) is 26.9 Å². The number of halogens is 1. The Balaban J connectivity index is 1.46. The second kappa shape index (κ2) is 11.3. The summed E-state index contributed by atoms with van der Waals surface area (Å²) in [6.45, 7) is 4.90. The normalized spacial score (nSPS) is 15.1. The molecule has 13 heteroatoms. The van der Waals surface area contributed by atoms with E-state index < -0.39 is 33.5 Å². The van der Waals surface area contributed by atoms with Gasteiger partial charge in [-0.2, -0.15) is 5.10 Å². The third-order valence-corrected chi connectivity index (χ3v) is 8.72. The molecular formula is C28H30FN7O4S. The fourth-order valence-corrected chi connectivity index (χ4v) is 5.86. The van der Waals surface area contributed by atoms with Crippen molar-refractivity contribution in [3.8, 4) is 0 Å². The summed E-state index contributed by atoms with van der Waals surface area (Å²) >= 11 is 0. The molecule has 2 heterocycles. The van der Waals surface area contributed by atoms with Gasteiger partial charge in [0.25, 0.3) is 5.91 Å². The summed E-state index contributed by atoms with van der Waals surface area (Å²) in [5, 5.41) is 12.7. The molecular weight excluding hydrogens is 549 g/mol. The molecule has 0 unspecified atom stereocenters. The predicted molar refractivity (Wildman–Crippen MR) is 154 cm³/mol. The van der Waals surface area contributed by atoms with Gasteiger partial charge in [0.15, 0.2) is 5.82 Å². The van der Waals surface area contributed by atoms with Gasteiger partial charge in [0, 0.05) is 37.3 Å². The van der Waals surface area contributed by atoms with Gasteiger partial charge in [0.2, 0.25) is 15.7 Å². The lowest BCUT2D eigenvalue weighted by Gasteiger charge is -2.34. The highest BCUT2D eigenvalue weighted by molar-refractivity contribution is 7.91. The largest absolute Gasteiger partial charge is 0.369 e. The Morgan fingerprint density at radius 1 is 1.00 bits per heavy atom. The molecule has 1 aliphatic rings. The Morgan fingerprint density at radius 2 is 1.73 bits per heavy atom. The first-order chi connectivity index (χ1) is 19.5. The van der Waals surface area contributed by atoms with Crippen LogP contribution in [0.1, 0.15) is 17.3 Å². The van der Waals surface area contributed by atoms with E-state index in [2.05, 4.69) is 37.7 Å². The van der Waals surface area contributed by atoms with Gasteiger partial charge in [-0.1, -0.05) is 6.07 Å². The zero-order chi connectivity index (χ0) is 29.3. The number of H-pyrrole nitrogens is 1. The Hall–Kier alpha value is -4.33. The number of nitrogens with two attached hydrogens (primary N) is 1. The average Bonchev–Trinajstić information content (AvgIpc) is 3.35. The molecule has 0 saturated carbocycles. The van der Waals surface area contributed by atoms with Crippen molar-refractivity contribution in [1.82, 2.24) is 15.1 Å². The molecule has 0 radical (unpaired) electrons. The first-order valence-corrected chi connectivity index (χ1v) is 14.5. The van der Waals surface area contributed by atoms with Crippen LogP contribution in [-0.4, -0.2) is 74.6 Å². The predicted octanol–water partition coefficient (Wildman–Crippen LogP) is 2.82. The van der Waals surface area contributed by atoms with Gasteiger partial charge in [-0.15, -0.1) is 0 Å². The molecule has 1 saturated heterocycles. The third-order valence-electron chi connectivity index (χ3n) is 6.97. The van der Waals surface area contributed by atoms with E-state index in [1.807, 2.05) is 6.07 Å². The number of rotatable bonds is 7. The molecule has 1 fully saturated rings. The fourth-order valence-electron chi connectivity index (χ4n) is 4.54. The van der Waals surface area contributed by atoms with Gasteiger partial charge in [-0.3, -0.25) is 14.7 Å². The third kappa shape index (κ3) is 5.92. The van der Waals surface area contributed by atoms with Crippen molar-refractivity contribution in [2.45, 2.75) is 22.8 Å². The van der Waals surface area contributed by atoms with E-state index in [0.29, 0.717) is 10.9 Å². The molecule has 5 rings (SSSR count). The highest BCUT2D eigenvalue weighted by atomic mass is 32.2. The molecule has 0 bridgehead atoms. The van der Waals surface area contributed by atoms with Crippen LogP contribution in [-0.2, 0) is 14.6 Å². The summed E-state index contributed by atoms with van der Waals surface area (Å²) in [5.74, 6) is -1.60. The number of carbonyl (C=O) groups is 2. The number of hydrogen-bond donors (Lipinski definition) is 4. The van der Waals surface area contributed by atoms with Crippen molar-refractivity contribution in [1.29, 1.82) is 0 Å². The Bertz CT molecular complexity index is 1730. The van der Waals surface area contributed by atoms with Gasteiger partial charge in [0.1, 0.15) is 5.82 Å². The quantitative estimate of drug-likeness (QED) is 0.261. The van der Waals surface area contributed by atoms with E-state index in [9.17, 15) is 22.4 Å². The molecule has 0 spiro atoms. The molecule has 1 aliphatic heterocycles. The van der Waals surface area contributed by atoms with Gasteiger partial charge < -0.3 is 26.2 Å². The van der Waals surface area contributed by atoms with Crippen molar-refractivity contribution in [3.05, 3.63) is 72.0 Å². The van der Waals surface area contributed by atoms with Crippen LogP contribution in [0.4, 0.5) is 21.6 Å².